The van der Waals surface area contributed by atoms with Crippen LogP contribution < -0.4 is 4.74 Å². The number of hydrogen-bond acceptors (Lipinski definition) is 3. The predicted molar refractivity (Wildman–Crippen MR) is 60.8 cm³/mol. The van der Waals surface area contributed by atoms with Gasteiger partial charge in [0, 0.05) is 5.39 Å². The van der Waals surface area contributed by atoms with Crippen molar-refractivity contribution in [2.24, 2.45) is 0 Å². The largest absolute Gasteiger partial charge is 0.496 e. The van der Waals surface area contributed by atoms with Crippen molar-refractivity contribution in [3.63, 3.8) is 0 Å². The van der Waals surface area contributed by atoms with Crippen molar-refractivity contribution in [1.29, 1.82) is 0 Å². The van der Waals surface area contributed by atoms with Gasteiger partial charge in [0.1, 0.15) is 10.9 Å². The highest BCUT2D eigenvalue weighted by Crippen LogP contribution is 2.28. The Morgan fingerprint density at radius 2 is 1.93 bits per heavy atom. The van der Waals surface area contributed by atoms with E-state index in [-0.39, 0.29) is 5.28 Å². The second-order valence-corrected chi connectivity index (χ2v) is 3.82. The lowest BCUT2D eigenvalue weighted by Gasteiger charge is -2.07. The zero-order valence-electron chi connectivity index (χ0n) is 8.21. The van der Waals surface area contributed by atoms with Crippen LogP contribution in [0.1, 0.15) is 5.56 Å². The average molecular weight is 243 g/mol. The van der Waals surface area contributed by atoms with Crippen LogP contribution in [0.25, 0.3) is 10.9 Å². The SMILES string of the molecule is COc1cc2c(Cl)nc(Cl)nc2cc1C. The Bertz CT molecular complexity index is 528. The first kappa shape index (κ1) is 10.5. The highest BCUT2D eigenvalue weighted by molar-refractivity contribution is 6.35. The van der Waals surface area contributed by atoms with Crippen LogP contribution in [-0.4, -0.2) is 17.1 Å². The van der Waals surface area contributed by atoms with Crippen LogP contribution >= 0.6 is 23.2 Å². The molecule has 0 fully saturated rings. The molecule has 1 aromatic heterocycles. The van der Waals surface area contributed by atoms with Crippen molar-refractivity contribution in [2.75, 3.05) is 7.11 Å². The van der Waals surface area contributed by atoms with Crippen molar-refractivity contribution in [1.82, 2.24) is 9.97 Å². The van der Waals surface area contributed by atoms with E-state index in [0.29, 0.717) is 5.15 Å². The molecule has 0 unspecified atom stereocenters. The van der Waals surface area contributed by atoms with E-state index < -0.39 is 0 Å². The van der Waals surface area contributed by atoms with Crippen LogP contribution in [0.3, 0.4) is 0 Å². The fourth-order valence-corrected chi connectivity index (χ4v) is 1.87. The van der Waals surface area contributed by atoms with Gasteiger partial charge >= 0.3 is 0 Å². The summed E-state index contributed by atoms with van der Waals surface area (Å²) < 4.78 is 5.19. The fraction of sp³-hybridized carbons (Fsp3) is 0.200. The number of aromatic nitrogens is 2. The van der Waals surface area contributed by atoms with Crippen LogP contribution in [-0.2, 0) is 0 Å². The lowest BCUT2D eigenvalue weighted by Crippen LogP contribution is -1.91. The molecule has 0 saturated carbocycles. The monoisotopic (exact) mass is 242 g/mol. The number of fused-ring (bicyclic) bond motifs is 1. The Morgan fingerprint density at radius 1 is 1.20 bits per heavy atom. The summed E-state index contributed by atoms with van der Waals surface area (Å²) in [5.41, 5.74) is 1.70. The maximum absolute atomic E-state index is 5.95. The van der Waals surface area contributed by atoms with E-state index in [4.69, 9.17) is 27.9 Å². The predicted octanol–water partition coefficient (Wildman–Crippen LogP) is 3.25. The molecule has 0 N–H and O–H groups in total. The molecule has 0 aliphatic rings. The topological polar surface area (TPSA) is 35.0 Å². The van der Waals surface area contributed by atoms with Gasteiger partial charge in [-0.25, -0.2) is 9.97 Å². The number of aryl methyl sites for hydroxylation is 1. The molecular weight excluding hydrogens is 235 g/mol. The van der Waals surface area contributed by atoms with Gasteiger partial charge in [-0.3, -0.25) is 0 Å². The smallest absolute Gasteiger partial charge is 0.224 e. The first-order valence-corrected chi connectivity index (χ1v) is 5.05. The lowest BCUT2D eigenvalue weighted by atomic mass is 10.1. The van der Waals surface area contributed by atoms with Crippen molar-refractivity contribution in [3.05, 3.63) is 28.1 Å². The highest BCUT2D eigenvalue weighted by Gasteiger charge is 2.08. The second-order valence-electron chi connectivity index (χ2n) is 3.12. The number of ether oxygens (including phenoxy) is 1. The van der Waals surface area contributed by atoms with Crippen LogP contribution in [0, 0.1) is 6.92 Å². The molecule has 1 aromatic carbocycles. The normalized spacial score (nSPS) is 10.7. The van der Waals surface area contributed by atoms with E-state index in [1.165, 1.54) is 0 Å². The van der Waals surface area contributed by atoms with Crippen LogP contribution in [0.15, 0.2) is 12.1 Å². The molecule has 0 atom stereocenters. The van der Waals surface area contributed by atoms with Gasteiger partial charge in [-0.1, -0.05) is 11.6 Å². The van der Waals surface area contributed by atoms with Gasteiger partial charge < -0.3 is 4.74 Å². The Morgan fingerprint density at radius 3 is 2.60 bits per heavy atom. The van der Waals surface area contributed by atoms with Crippen molar-refractivity contribution >= 4 is 34.1 Å². The van der Waals surface area contributed by atoms with Gasteiger partial charge in [-0.05, 0) is 36.2 Å². The Labute approximate surface area is 97.0 Å². The summed E-state index contributed by atoms with van der Waals surface area (Å²) in [6.45, 7) is 1.93. The number of nitrogens with zero attached hydrogens (tertiary/aromatic N) is 2. The Hall–Kier alpha value is -1.06. The molecule has 3 nitrogen and oxygen atoms in total. The quantitative estimate of drug-likeness (QED) is 0.569. The first-order chi connectivity index (χ1) is 7.11. The van der Waals surface area contributed by atoms with Gasteiger partial charge in [-0.15, -0.1) is 0 Å². The van der Waals surface area contributed by atoms with E-state index in [1.54, 1.807) is 7.11 Å². The van der Waals surface area contributed by atoms with E-state index in [0.717, 1.165) is 22.2 Å². The zero-order chi connectivity index (χ0) is 11.0. The number of benzene rings is 1. The molecule has 0 radical (unpaired) electrons. The van der Waals surface area contributed by atoms with Gasteiger partial charge in [0.05, 0.1) is 12.6 Å². The number of hydrogen-bond donors (Lipinski definition) is 0. The molecule has 5 heteroatoms. The minimum absolute atomic E-state index is 0.150. The molecule has 0 aliphatic carbocycles. The van der Waals surface area contributed by atoms with Gasteiger partial charge in [0.15, 0.2) is 0 Å². The zero-order valence-corrected chi connectivity index (χ0v) is 9.73. The summed E-state index contributed by atoms with van der Waals surface area (Å²) in [4.78, 5) is 7.96. The average Bonchev–Trinajstić information content (AvgIpc) is 2.16. The van der Waals surface area contributed by atoms with E-state index >= 15 is 0 Å². The van der Waals surface area contributed by atoms with Gasteiger partial charge in [0.2, 0.25) is 5.28 Å². The summed E-state index contributed by atoms with van der Waals surface area (Å²) in [5.74, 6) is 0.760. The molecule has 0 amide bonds. The number of methoxy groups -OCH3 is 1. The minimum Gasteiger partial charge on any atom is -0.496 e. The second kappa shape index (κ2) is 3.83. The van der Waals surface area contributed by atoms with Gasteiger partial charge in [0.25, 0.3) is 0 Å². The molecule has 2 rings (SSSR count). The molecule has 0 spiro atoms. The Kier molecular flexibility index (Phi) is 2.67. The first-order valence-electron chi connectivity index (χ1n) is 4.29. The molecule has 78 valence electrons. The summed E-state index contributed by atoms with van der Waals surface area (Å²) in [6, 6.07) is 3.68. The maximum Gasteiger partial charge on any atom is 0.224 e. The van der Waals surface area contributed by atoms with Crippen molar-refractivity contribution in [2.45, 2.75) is 6.92 Å². The standard InChI is InChI=1S/C10H8Cl2N2O/c1-5-3-7-6(4-8(5)15-2)9(11)14-10(12)13-7/h3-4H,1-2H3. The third-order valence-electron chi connectivity index (χ3n) is 2.14. The van der Waals surface area contributed by atoms with Crippen LogP contribution in [0.5, 0.6) is 5.75 Å². The van der Waals surface area contributed by atoms with Crippen molar-refractivity contribution in [3.8, 4) is 5.75 Å². The van der Waals surface area contributed by atoms with E-state index in [2.05, 4.69) is 9.97 Å². The van der Waals surface area contributed by atoms with Crippen LogP contribution in [0.4, 0.5) is 0 Å². The third-order valence-corrected chi connectivity index (χ3v) is 2.60. The van der Waals surface area contributed by atoms with E-state index in [1.807, 2.05) is 19.1 Å². The summed E-state index contributed by atoms with van der Waals surface area (Å²) >= 11 is 11.7. The maximum atomic E-state index is 5.95. The fourth-order valence-electron chi connectivity index (χ4n) is 1.42. The highest BCUT2D eigenvalue weighted by atomic mass is 35.5. The Balaban J connectivity index is 2.81. The summed E-state index contributed by atoms with van der Waals surface area (Å²) in [5, 5.41) is 1.23. The molecule has 0 aliphatic heterocycles. The van der Waals surface area contributed by atoms with Crippen LogP contribution in [0.2, 0.25) is 10.4 Å². The molecule has 15 heavy (non-hydrogen) atoms. The molecule has 0 bridgehead atoms. The number of rotatable bonds is 1. The molecule has 2 aromatic rings. The summed E-state index contributed by atoms with van der Waals surface area (Å²) in [6.07, 6.45) is 0. The minimum atomic E-state index is 0.150. The molecular formula is C10H8Cl2N2O. The lowest BCUT2D eigenvalue weighted by molar-refractivity contribution is 0.412. The summed E-state index contributed by atoms with van der Waals surface area (Å²) in [7, 11) is 1.61. The molecule has 0 saturated heterocycles. The van der Waals surface area contributed by atoms with Gasteiger partial charge in [-0.2, -0.15) is 0 Å². The van der Waals surface area contributed by atoms with E-state index in [9.17, 15) is 0 Å². The third kappa shape index (κ3) is 1.85. The number of halogens is 2. The molecule has 1 heterocycles. The van der Waals surface area contributed by atoms with Crippen molar-refractivity contribution < 1.29 is 4.74 Å².